The van der Waals surface area contributed by atoms with Crippen molar-refractivity contribution in [1.82, 2.24) is 30.1 Å². The molecule has 1 fully saturated rings. The quantitative estimate of drug-likeness (QED) is 0.436. The third-order valence-electron chi connectivity index (χ3n) is 7.69. The fourth-order valence-corrected chi connectivity index (χ4v) is 5.72. The van der Waals surface area contributed by atoms with Crippen LogP contribution in [0.15, 0.2) is 30.3 Å². The van der Waals surface area contributed by atoms with Gasteiger partial charge in [-0.1, -0.05) is 28.4 Å². The maximum absolute atomic E-state index is 13.2. The van der Waals surface area contributed by atoms with Gasteiger partial charge in [0.2, 0.25) is 0 Å². The number of hydrogen-bond acceptors (Lipinski definition) is 8. The summed E-state index contributed by atoms with van der Waals surface area (Å²) in [5.41, 5.74) is 2.36. The van der Waals surface area contributed by atoms with Crippen LogP contribution in [-0.4, -0.2) is 95.2 Å². The van der Waals surface area contributed by atoms with Gasteiger partial charge < -0.3 is 24.6 Å². The van der Waals surface area contributed by atoms with E-state index in [1.54, 1.807) is 28.9 Å². The molecule has 1 amide bonds. The average Bonchev–Trinajstić information content (AvgIpc) is 3.18. The fourth-order valence-electron chi connectivity index (χ4n) is 5.35. The van der Waals surface area contributed by atoms with E-state index in [0.717, 1.165) is 64.0 Å². The van der Waals surface area contributed by atoms with E-state index >= 15 is 0 Å². The summed E-state index contributed by atoms with van der Waals surface area (Å²) >= 11 is 12.7. The van der Waals surface area contributed by atoms with Gasteiger partial charge in [0, 0.05) is 38.8 Å². The lowest BCUT2D eigenvalue weighted by Crippen LogP contribution is -2.34. The highest BCUT2D eigenvalue weighted by Gasteiger charge is 2.21. The zero-order chi connectivity index (χ0) is 28.8. The summed E-state index contributed by atoms with van der Waals surface area (Å²) in [6.45, 7) is 6.64. The second-order valence-corrected chi connectivity index (χ2v) is 11.4. The Morgan fingerprint density at radius 2 is 1.78 bits per heavy atom. The van der Waals surface area contributed by atoms with Gasteiger partial charge in [0.1, 0.15) is 22.4 Å². The van der Waals surface area contributed by atoms with Crippen molar-refractivity contribution < 1.29 is 19.1 Å². The van der Waals surface area contributed by atoms with Crippen LogP contribution in [0.3, 0.4) is 0 Å². The molecule has 220 valence electrons. The number of amides is 1. The number of halogens is 2. The normalized spacial score (nSPS) is 23.0. The molecule has 4 bridgehead atoms. The molecule has 2 aromatic carbocycles. The number of benzene rings is 2. The number of esters is 1. The van der Waals surface area contributed by atoms with Crippen LogP contribution in [0.5, 0.6) is 5.75 Å². The van der Waals surface area contributed by atoms with Crippen molar-refractivity contribution in [3.63, 3.8) is 0 Å². The van der Waals surface area contributed by atoms with Crippen molar-refractivity contribution in [3.05, 3.63) is 51.5 Å². The Labute approximate surface area is 249 Å². The van der Waals surface area contributed by atoms with Gasteiger partial charge in [0.05, 0.1) is 22.7 Å². The van der Waals surface area contributed by atoms with Gasteiger partial charge in [-0.25, -0.2) is 9.48 Å². The number of nitrogens with zero attached hydrogens (tertiary/aromatic N) is 5. The number of ether oxygens (including phenoxy) is 2. The molecule has 1 aromatic heterocycles. The van der Waals surface area contributed by atoms with Gasteiger partial charge in [-0.15, -0.1) is 5.10 Å². The number of carbonyl (C=O) groups is 2. The Bertz CT molecular complexity index is 1380. The lowest BCUT2D eigenvalue weighted by Gasteiger charge is -2.24. The van der Waals surface area contributed by atoms with Crippen LogP contribution in [0, 0.1) is 0 Å². The molecule has 3 heterocycles. The van der Waals surface area contributed by atoms with E-state index < -0.39 is 0 Å². The number of aromatic nitrogens is 3. The molecule has 1 saturated heterocycles. The van der Waals surface area contributed by atoms with Crippen LogP contribution >= 0.6 is 23.2 Å². The van der Waals surface area contributed by atoms with Crippen LogP contribution in [-0.2, 0) is 11.8 Å². The summed E-state index contributed by atoms with van der Waals surface area (Å²) < 4.78 is 13.7. The lowest BCUT2D eigenvalue weighted by atomic mass is 10.1. The third-order valence-corrected chi connectivity index (χ3v) is 8.47. The van der Waals surface area contributed by atoms with Gasteiger partial charge in [-0.05, 0) is 82.1 Å². The van der Waals surface area contributed by atoms with E-state index in [4.69, 9.17) is 32.7 Å². The standard InChI is InChI=1S/C29H36Cl2N6O4/c1-35-25-7-6-20(18-24(25)33-34-35)29(39)41-22-5-2-16-40-26-19-21(17-23(30)27(26)31)28(38)32-9-3-10-36-11-4-12-37(13-8-22)15-14-36/h6-7,17-19,22H,2-5,8-16H2,1H3,(H,32,38). The maximum Gasteiger partial charge on any atom is 0.338 e. The molecular formula is C29H36Cl2N6O4. The summed E-state index contributed by atoms with van der Waals surface area (Å²) in [7, 11) is 1.81. The molecular weight excluding hydrogens is 567 g/mol. The fraction of sp³-hybridized carbons (Fsp3) is 0.517. The summed E-state index contributed by atoms with van der Waals surface area (Å²) in [5, 5.41) is 11.7. The number of hydrogen-bond donors (Lipinski definition) is 1. The van der Waals surface area contributed by atoms with E-state index in [-0.39, 0.29) is 28.0 Å². The van der Waals surface area contributed by atoms with E-state index in [1.807, 2.05) is 13.1 Å². The van der Waals surface area contributed by atoms with Crippen molar-refractivity contribution in [3.8, 4) is 5.75 Å². The predicted molar refractivity (Wildman–Crippen MR) is 158 cm³/mol. The first-order chi connectivity index (χ1) is 19.9. The van der Waals surface area contributed by atoms with Crippen molar-refractivity contribution in [2.24, 2.45) is 7.05 Å². The van der Waals surface area contributed by atoms with Gasteiger partial charge in [-0.3, -0.25) is 4.79 Å². The van der Waals surface area contributed by atoms with Crippen LogP contribution in [0.2, 0.25) is 10.0 Å². The monoisotopic (exact) mass is 602 g/mol. The molecule has 0 saturated carbocycles. The Morgan fingerprint density at radius 1 is 1.00 bits per heavy atom. The van der Waals surface area contributed by atoms with E-state index in [9.17, 15) is 9.59 Å². The van der Waals surface area contributed by atoms with Crippen molar-refractivity contribution >= 4 is 46.1 Å². The highest BCUT2D eigenvalue weighted by Crippen LogP contribution is 2.34. The SMILES string of the molecule is Cn1nnc2cc(C(=O)OC3CCCOc4cc(cc(Cl)c4Cl)C(=O)NCCCN4CCCN(CC3)CC4)ccc21. The maximum atomic E-state index is 13.2. The van der Waals surface area contributed by atoms with E-state index in [2.05, 4.69) is 25.4 Å². The number of carbonyl (C=O) groups excluding carboxylic acids is 2. The highest BCUT2D eigenvalue weighted by atomic mass is 35.5. The minimum Gasteiger partial charge on any atom is -0.492 e. The van der Waals surface area contributed by atoms with Gasteiger partial charge in [-0.2, -0.15) is 0 Å². The topological polar surface area (TPSA) is 102 Å². The number of rotatable bonds is 2. The van der Waals surface area contributed by atoms with Crippen LogP contribution in [0.1, 0.15) is 52.8 Å². The average molecular weight is 604 g/mol. The number of aryl methyl sites for hydroxylation is 1. The minimum absolute atomic E-state index is 0.208. The van der Waals surface area contributed by atoms with Gasteiger partial charge in [0.25, 0.3) is 5.91 Å². The number of nitrogens with one attached hydrogen (secondary N) is 1. The summed E-state index contributed by atoms with van der Waals surface area (Å²) in [6.07, 6.45) is 3.61. The van der Waals surface area contributed by atoms with Crippen LogP contribution in [0.4, 0.5) is 0 Å². The van der Waals surface area contributed by atoms with Crippen molar-refractivity contribution in [2.45, 2.75) is 38.2 Å². The first-order valence-electron chi connectivity index (χ1n) is 14.2. The minimum atomic E-state index is -0.377. The molecule has 12 heteroatoms. The molecule has 41 heavy (non-hydrogen) atoms. The highest BCUT2D eigenvalue weighted by molar-refractivity contribution is 6.43. The zero-order valence-electron chi connectivity index (χ0n) is 23.3. The molecule has 0 aliphatic carbocycles. The van der Waals surface area contributed by atoms with Gasteiger partial charge >= 0.3 is 5.97 Å². The Balaban J connectivity index is 1.30. The summed E-state index contributed by atoms with van der Waals surface area (Å²) in [5.74, 6) is -0.225. The molecule has 5 rings (SSSR count). The first-order valence-corrected chi connectivity index (χ1v) is 15.0. The predicted octanol–water partition coefficient (Wildman–Crippen LogP) is 4.19. The number of fused-ring (bicyclic) bond motifs is 6. The van der Waals surface area contributed by atoms with Crippen molar-refractivity contribution in [1.29, 1.82) is 0 Å². The molecule has 1 N–H and O–H groups in total. The summed E-state index contributed by atoms with van der Waals surface area (Å²) in [4.78, 5) is 30.9. The Hall–Kier alpha value is -2.92. The Kier molecular flexibility index (Phi) is 9.97. The van der Waals surface area contributed by atoms with Crippen LogP contribution < -0.4 is 10.1 Å². The smallest absolute Gasteiger partial charge is 0.338 e. The molecule has 2 aliphatic heterocycles. The molecule has 3 unspecified atom stereocenters. The zero-order valence-corrected chi connectivity index (χ0v) is 24.8. The molecule has 0 spiro atoms. The summed E-state index contributed by atoms with van der Waals surface area (Å²) in [6, 6.07) is 8.49. The molecule has 10 nitrogen and oxygen atoms in total. The molecule has 3 atom stereocenters. The van der Waals surface area contributed by atoms with E-state index in [1.165, 1.54) is 0 Å². The molecule has 2 aliphatic rings. The second kappa shape index (κ2) is 13.8. The van der Waals surface area contributed by atoms with Gasteiger partial charge in [0.15, 0.2) is 0 Å². The lowest BCUT2D eigenvalue weighted by molar-refractivity contribution is 0.0222. The van der Waals surface area contributed by atoms with E-state index in [0.29, 0.717) is 48.4 Å². The van der Waals surface area contributed by atoms with Crippen LogP contribution in [0.25, 0.3) is 11.0 Å². The first kappa shape index (κ1) is 29.6. The third kappa shape index (κ3) is 7.68. The van der Waals surface area contributed by atoms with Crippen molar-refractivity contribution in [2.75, 3.05) is 52.4 Å². The largest absolute Gasteiger partial charge is 0.492 e. The molecule has 3 aromatic rings. The molecule has 0 radical (unpaired) electrons. The second-order valence-electron chi connectivity index (χ2n) is 10.6. The Morgan fingerprint density at radius 3 is 2.61 bits per heavy atom.